The first-order chi connectivity index (χ1) is 10.5. The average molecular weight is 326 g/mol. The van der Waals surface area contributed by atoms with E-state index in [0.717, 1.165) is 29.2 Å². The topological polar surface area (TPSA) is 20.3 Å². The molecule has 114 valence electrons. The van der Waals surface area contributed by atoms with Gasteiger partial charge in [0.1, 0.15) is 17.5 Å². The molecule has 1 heterocycles. The molecule has 0 saturated carbocycles. The fourth-order valence-corrected chi connectivity index (χ4v) is 2.89. The Morgan fingerprint density at radius 1 is 1.09 bits per heavy atom. The van der Waals surface area contributed by atoms with Gasteiger partial charge in [0.2, 0.25) is 0 Å². The van der Waals surface area contributed by atoms with Crippen LogP contribution in [-0.2, 0) is 6.42 Å². The van der Waals surface area contributed by atoms with Gasteiger partial charge in [-0.1, -0.05) is 11.6 Å². The number of nitrogens with zero attached hydrogens (tertiary/aromatic N) is 1. The third-order valence-electron chi connectivity index (χ3n) is 3.61. The van der Waals surface area contributed by atoms with Gasteiger partial charge in [0.15, 0.2) is 0 Å². The van der Waals surface area contributed by atoms with Gasteiger partial charge in [0.05, 0.1) is 11.3 Å². The van der Waals surface area contributed by atoms with Crippen LogP contribution in [0.5, 0.6) is 0 Å². The van der Waals surface area contributed by atoms with Gasteiger partial charge in [-0.15, -0.1) is 0 Å². The van der Waals surface area contributed by atoms with Crippen molar-refractivity contribution in [2.24, 2.45) is 0 Å². The van der Waals surface area contributed by atoms with Crippen molar-refractivity contribution in [1.82, 2.24) is 0 Å². The second-order valence-corrected chi connectivity index (χ2v) is 5.52. The number of fused-ring (bicyclic) bond motifs is 1. The molecule has 0 aromatic heterocycles. The maximum absolute atomic E-state index is 14.2. The Hall–Kier alpha value is -2.01. The number of benzene rings is 2. The van der Waals surface area contributed by atoms with E-state index in [4.69, 9.17) is 11.6 Å². The molecule has 0 atom stereocenters. The van der Waals surface area contributed by atoms with E-state index in [-0.39, 0.29) is 17.3 Å². The second kappa shape index (κ2) is 5.65. The average Bonchev–Trinajstić information content (AvgIpc) is 2.48. The minimum absolute atomic E-state index is 0.0873. The van der Waals surface area contributed by atoms with Crippen molar-refractivity contribution >= 4 is 23.2 Å². The highest BCUT2D eigenvalue weighted by Crippen LogP contribution is 2.34. The highest BCUT2D eigenvalue weighted by Gasteiger charge is 2.28. The van der Waals surface area contributed by atoms with Crippen LogP contribution < -0.4 is 4.90 Å². The van der Waals surface area contributed by atoms with Crippen molar-refractivity contribution in [2.45, 2.75) is 12.8 Å². The molecule has 22 heavy (non-hydrogen) atoms. The summed E-state index contributed by atoms with van der Waals surface area (Å²) in [5, 5.41) is 0.238. The van der Waals surface area contributed by atoms with Crippen molar-refractivity contribution in [1.29, 1.82) is 0 Å². The van der Waals surface area contributed by atoms with Crippen molar-refractivity contribution in [3.63, 3.8) is 0 Å². The zero-order chi connectivity index (χ0) is 15.9. The van der Waals surface area contributed by atoms with Crippen molar-refractivity contribution < 1.29 is 18.0 Å². The Bertz CT molecular complexity index is 763. The normalized spacial score (nSPS) is 13.9. The van der Waals surface area contributed by atoms with Crippen LogP contribution >= 0.6 is 11.6 Å². The number of halogens is 4. The number of rotatable bonds is 1. The molecular weight excluding hydrogens is 315 g/mol. The molecule has 3 rings (SSSR count). The summed E-state index contributed by atoms with van der Waals surface area (Å²) in [5.41, 5.74) is 0.257. The summed E-state index contributed by atoms with van der Waals surface area (Å²) in [7, 11) is 0. The Morgan fingerprint density at radius 3 is 2.64 bits per heavy atom. The maximum Gasteiger partial charge on any atom is 0.261 e. The molecule has 0 aliphatic carbocycles. The number of hydrogen-bond donors (Lipinski definition) is 0. The molecule has 0 bridgehead atoms. The van der Waals surface area contributed by atoms with E-state index in [1.807, 2.05) is 0 Å². The van der Waals surface area contributed by atoms with Crippen LogP contribution in [0.2, 0.25) is 5.02 Å². The van der Waals surface area contributed by atoms with E-state index in [0.29, 0.717) is 18.4 Å². The Labute approximate surface area is 130 Å². The number of anilines is 1. The first kappa shape index (κ1) is 14.9. The third-order valence-corrected chi connectivity index (χ3v) is 3.83. The molecule has 6 heteroatoms. The smallest absolute Gasteiger partial charge is 0.261 e. The molecule has 1 aliphatic heterocycles. The van der Waals surface area contributed by atoms with Gasteiger partial charge in [-0.25, -0.2) is 13.2 Å². The highest BCUT2D eigenvalue weighted by atomic mass is 35.5. The lowest BCUT2D eigenvalue weighted by molar-refractivity contribution is 0.0979. The molecule has 2 aromatic carbocycles. The van der Waals surface area contributed by atoms with E-state index < -0.39 is 28.9 Å². The molecule has 2 aromatic rings. The van der Waals surface area contributed by atoms with Crippen LogP contribution in [0.3, 0.4) is 0 Å². The molecular formula is C16H11ClF3NO. The number of aryl methyl sites for hydroxylation is 1. The number of carbonyl (C=O) groups is 1. The molecule has 0 saturated heterocycles. The fraction of sp³-hybridized carbons (Fsp3) is 0.188. The van der Waals surface area contributed by atoms with Gasteiger partial charge in [-0.3, -0.25) is 4.79 Å². The summed E-state index contributed by atoms with van der Waals surface area (Å²) >= 11 is 5.82. The number of carbonyl (C=O) groups excluding carboxylic acids is 1. The summed E-state index contributed by atoms with van der Waals surface area (Å²) in [6.07, 6.45) is 1.16. The molecule has 0 unspecified atom stereocenters. The van der Waals surface area contributed by atoms with E-state index in [1.54, 1.807) is 6.07 Å². The number of amides is 1. The van der Waals surface area contributed by atoms with Crippen LogP contribution in [0.4, 0.5) is 18.9 Å². The van der Waals surface area contributed by atoms with Crippen molar-refractivity contribution in [2.75, 3.05) is 11.4 Å². The summed E-state index contributed by atoms with van der Waals surface area (Å²) in [6.45, 7) is 0.236. The first-order valence-electron chi connectivity index (χ1n) is 6.72. The van der Waals surface area contributed by atoms with Crippen LogP contribution in [0.25, 0.3) is 0 Å². The van der Waals surface area contributed by atoms with Gasteiger partial charge in [-0.05, 0) is 48.7 Å². The van der Waals surface area contributed by atoms with Crippen LogP contribution in [-0.4, -0.2) is 12.5 Å². The molecule has 1 amide bonds. The molecule has 2 nitrogen and oxygen atoms in total. The second-order valence-electron chi connectivity index (χ2n) is 5.08. The van der Waals surface area contributed by atoms with E-state index in [2.05, 4.69) is 0 Å². The van der Waals surface area contributed by atoms with Crippen LogP contribution in [0.15, 0.2) is 30.3 Å². The summed E-state index contributed by atoms with van der Waals surface area (Å²) in [6, 6.07) is 5.32. The van der Waals surface area contributed by atoms with Gasteiger partial charge in [0, 0.05) is 11.6 Å². The molecule has 0 N–H and O–H groups in total. The lowest BCUT2D eigenvalue weighted by atomic mass is 10.00. The zero-order valence-electron chi connectivity index (χ0n) is 11.4. The Morgan fingerprint density at radius 2 is 1.86 bits per heavy atom. The highest BCUT2D eigenvalue weighted by molar-refractivity contribution is 6.30. The van der Waals surface area contributed by atoms with Crippen molar-refractivity contribution in [3.8, 4) is 0 Å². The SMILES string of the molecule is O=C(c1cc(F)ccc1F)N1CCCc2cc(Cl)cc(F)c21. The van der Waals surface area contributed by atoms with Gasteiger partial charge < -0.3 is 4.90 Å². The third kappa shape index (κ3) is 2.57. The van der Waals surface area contributed by atoms with Crippen LogP contribution in [0, 0.1) is 17.5 Å². The number of hydrogen-bond acceptors (Lipinski definition) is 1. The minimum Gasteiger partial charge on any atom is -0.305 e. The van der Waals surface area contributed by atoms with E-state index in [1.165, 1.54) is 0 Å². The standard InChI is InChI=1S/C16H11ClF3NO/c17-10-6-9-2-1-5-21(15(9)14(20)7-10)16(22)12-8-11(18)3-4-13(12)19/h3-4,6-8H,1-2,5H2. The zero-order valence-corrected chi connectivity index (χ0v) is 12.1. The summed E-state index contributed by atoms with van der Waals surface area (Å²) in [4.78, 5) is 13.6. The molecule has 0 fully saturated rings. The summed E-state index contributed by atoms with van der Waals surface area (Å²) < 4.78 is 41.3. The van der Waals surface area contributed by atoms with Crippen LogP contribution in [0.1, 0.15) is 22.3 Å². The fourth-order valence-electron chi connectivity index (χ4n) is 2.66. The van der Waals surface area contributed by atoms with E-state index >= 15 is 0 Å². The predicted octanol–water partition coefficient (Wildman–Crippen LogP) is 4.35. The minimum atomic E-state index is -0.840. The van der Waals surface area contributed by atoms with Gasteiger partial charge >= 0.3 is 0 Å². The predicted molar refractivity (Wildman–Crippen MR) is 77.8 cm³/mol. The monoisotopic (exact) mass is 325 g/mol. The quantitative estimate of drug-likeness (QED) is 0.763. The lowest BCUT2D eigenvalue weighted by Crippen LogP contribution is -2.36. The Kier molecular flexibility index (Phi) is 3.83. The first-order valence-corrected chi connectivity index (χ1v) is 7.10. The largest absolute Gasteiger partial charge is 0.305 e. The van der Waals surface area contributed by atoms with Gasteiger partial charge in [-0.2, -0.15) is 0 Å². The van der Waals surface area contributed by atoms with Gasteiger partial charge in [0.25, 0.3) is 5.91 Å². The molecule has 0 radical (unpaired) electrons. The Balaban J connectivity index is 2.08. The van der Waals surface area contributed by atoms with E-state index in [9.17, 15) is 18.0 Å². The molecule has 1 aliphatic rings. The van der Waals surface area contributed by atoms with Crippen molar-refractivity contribution in [3.05, 3.63) is 63.9 Å². The lowest BCUT2D eigenvalue weighted by Gasteiger charge is -2.30. The maximum atomic E-state index is 14.2. The molecule has 0 spiro atoms. The summed E-state index contributed by atoms with van der Waals surface area (Å²) in [5.74, 6) is -2.97.